The van der Waals surface area contributed by atoms with E-state index in [0.717, 1.165) is 24.1 Å². The number of carbonyl (C=O) groups is 1. The summed E-state index contributed by atoms with van der Waals surface area (Å²) in [6.45, 7) is 4.08. The molecule has 0 unspecified atom stereocenters. The lowest BCUT2D eigenvalue weighted by Crippen LogP contribution is -2.27. The maximum absolute atomic E-state index is 12.6. The van der Waals surface area contributed by atoms with Crippen molar-refractivity contribution in [2.75, 3.05) is 0 Å². The highest BCUT2D eigenvalue weighted by Gasteiger charge is 2.27. The highest BCUT2D eigenvalue weighted by molar-refractivity contribution is 5.94. The van der Waals surface area contributed by atoms with E-state index < -0.39 is 0 Å². The Morgan fingerprint density at radius 2 is 2.08 bits per heavy atom. The number of hydrogen-bond donors (Lipinski definition) is 1. The van der Waals surface area contributed by atoms with E-state index in [1.165, 1.54) is 5.56 Å². The molecule has 0 bridgehead atoms. The van der Waals surface area contributed by atoms with Crippen LogP contribution in [0.25, 0.3) is 17.1 Å². The van der Waals surface area contributed by atoms with Crippen LogP contribution in [0.4, 0.5) is 0 Å². The van der Waals surface area contributed by atoms with Gasteiger partial charge >= 0.3 is 0 Å². The Morgan fingerprint density at radius 3 is 2.75 bits per heavy atom. The largest absolute Gasteiger partial charge is 0.463 e. The van der Waals surface area contributed by atoms with Crippen LogP contribution in [-0.2, 0) is 0 Å². The molecule has 2 aromatic heterocycles. The van der Waals surface area contributed by atoms with Gasteiger partial charge in [-0.3, -0.25) is 4.79 Å². The average molecular weight is 321 g/mol. The number of nitrogens with one attached hydrogen (secondary N) is 1. The Kier molecular flexibility index (Phi) is 3.49. The summed E-state index contributed by atoms with van der Waals surface area (Å²) in [5.41, 5.74) is 4.34. The molecule has 24 heavy (non-hydrogen) atoms. The van der Waals surface area contributed by atoms with Crippen molar-refractivity contribution in [3.63, 3.8) is 0 Å². The lowest BCUT2D eigenvalue weighted by Gasteiger charge is -2.11. The van der Waals surface area contributed by atoms with Gasteiger partial charge in [0.2, 0.25) is 0 Å². The second-order valence-electron chi connectivity index (χ2n) is 6.34. The summed E-state index contributed by atoms with van der Waals surface area (Å²) >= 11 is 0. The maximum atomic E-state index is 12.6. The lowest BCUT2D eigenvalue weighted by molar-refractivity contribution is 0.0943. The van der Waals surface area contributed by atoms with Gasteiger partial charge in [-0.2, -0.15) is 5.10 Å². The molecular weight excluding hydrogens is 302 g/mol. The van der Waals surface area contributed by atoms with Gasteiger partial charge in [-0.25, -0.2) is 4.68 Å². The average Bonchev–Trinajstić information content (AvgIpc) is 3.03. The summed E-state index contributed by atoms with van der Waals surface area (Å²) in [4.78, 5) is 12.6. The number of aryl methyl sites for hydroxylation is 2. The first-order valence-corrected chi connectivity index (χ1v) is 8.14. The van der Waals surface area contributed by atoms with E-state index in [-0.39, 0.29) is 5.91 Å². The van der Waals surface area contributed by atoms with Crippen molar-refractivity contribution < 1.29 is 9.21 Å². The molecule has 0 aliphatic heterocycles. The van der Waals surface area contributed by atoms with Gasteiger partial charge in [0.1, 0.15) is 11.4 Å². The van der Waals surface area contributed by atoms with E-state index in [1.54, 1.807) is 17.0 Å². The van der Waals surface area contributed by atoms with E-state index >= 15 is 0 Å². The standard InChI is InChI=1S/C19H19N3O2/c1-12-5-8-16(13(2)10-12)22-17(19(23)20-14-6-7-14)11-15(21-22)18-4-3-9-24-18/h3-5,8-11,14H,6-7H2,1-2H3,(H,20,23). The fourth-order valence-corrected chi connectivity index (χ4v) is 2.80. The Hall–Kier alpha value is -2.82. The van der Waals surface area contributed by atoms with Gasteiger partial charge in [0.15, 0.2) is 5.76 Å². The molecule has 1 amide bonds. The van der Waals surface area contributed by atoms with Crippen LogP contribution in [0.2, 0.25) is 0 Å². The quantitative estimate of drug-likeness (QED) is 0.798. The lowest BCUT2D eigenvalue weighted by atomic mass is 10.1. The van der Waals surface area contributed by atoms with E-state index in [4.69, 9.17) is 4.42 Å². The number of aromatic nitrogens is 2. The Morgan fingerprint density at radius 1 is 1.25 bits per heavy atom. The molecule has 0 atom stereocenters. The summed E-state index contributed by atoms with van der Waals surface area (Å²) in [6, 6.07) is 11.9. The Labute approximate surface area is 140 Å². The van der Waals surface area contributed by atoms with Gasteiger partial charge in [0, 0.05) is 12.1 Å². The van der Waals surface area contributed by atoms with E-state index in [1.807, 2.05) is 31.2 Å². The van der Waals surface area contributed by atoms with Crippen molar-refractivity contribution >= 4 is 5.91 Å². The van der Waals surface area contributed by atoms with Crippen LogP contribution in [0.1, 0.15) is 34.5 Å². The molecule has 0 saturated heterocycles. The third kappa shape index (κ3) is 2.73. The third-order valence-electron chi connectivity index (χ3n) is 4.21. The number of amides is 1. The van der Waals surface area contributed by atoms with Gasteiger partial charge in [0.05, 0.1) is 12.0 Å². The molecule has 122 valence electrons. The first kappa shape index (κ1) is 14.8. The molecule has 0 spiro atoms. The third-order valence-corrected chi connectivity index (χ3v) is 4.21. The molecule has 4 rings (SSSR count). The first-order valence-electron chi connectivity index (χ1n) is 8.14. The maximum Gasteiger partial charge on any atom is 0.270 e. The summed E-state index contributed by atoms with van der Waals surface area (Å²) < 4.78 is 7.15. The zero-order chi connectivity index (χ0) is 16.7. The summed E-state index contributed by atoms with van der Waals surface area (Å²) in [6.07, 6.45) is 3.71. The summed E-state index contributed by atoms with van der Waals surface area (Å²) in [5, 5.41) is 7.66. The van der Waals surface area contributed by atoms with Crippen LogP contribution in [-0.4, -0.2) is 21.7 Å². The van der Waals surface area contributed by atoms with Gasteiger partial charge < -0.3 is 9.73 Å². The number of furan rings is 1. The summed E-state index contributed by atoms with van der Waals surface area (Å²) in [7, 11) is 0. The summed E-state index contributed by atoms with van der Waals surface area (Å²) in [5.74, 6) is 0.557. The number of rotatable bonds is 4. The molecular formula is C19H19N3O2. The molecule has 1 aromatic carbocycles. The van der Waals surface area contributed by atoms with Crippen LogP contribution in [0.3, 0.4) is 0 Å². The fraction of sp³-hybridized carbons (Fsp3) is 0.263. The van der Waals surface area contributed by atoms with Gasteiger partial charge in [-0.15, -0.1) is 0 Å². The molecule has 1 aliphatic rings. The topological polar surface area (TPSA) is 60.1 Å². The second-order valence-corrected chi connectivity index (χ2v) is 6.34. The highest BCUT2D eigenvalue weighted by atomic mass is 16.3. The van der Waals surface area contributed by atoms with Crippen LogP contribution >= 0.6 is 0 Å². The SMILES string of the molecule is Cc1ccc(-n2nc(-c3ccco3)cc2C(=O)NC2CC2)c(C)c1. The molecule has 0 radical (unpaired) electrons. The van der Waals surface area contributed by atoms with Crippen LogP contribution in [0.5, 0.6) is 0 Å². The van der Waals surface area contributed by atoms with E-state index in [2.05, 4.69) is 23.4 Å². The fourth-order valence-electron chi connectivity index (χ4n) is 2.80. The first-order chi connectivity index (χ1) is 11.6. The molecule has 3 aromatic rings. The van der Waals surface area contributed by atoms with Crippen molar-refractivity contribution in [2.45, 2.75) is 32.7 Å². The minimum absolute atomic E-state index is 0.0946. The molecule has 1 aliphatic carbocycles. The smallest absolute Gasteiger partial charge is 0.270 e. The predicted octanol–water partition coefficient (Wildman–Crippen LogP) is 3.64. The molecule has 2 heterocycles. The second kappa shape index (κ2) is 5.67. The Balaban J connectivity index is 1.82. The van der Waals surface area contributed by atoms with Crippen LogP contribution < -0.4 is 5.32 Å². The zero-order valence-electron chi connectivity index (χ0n) is 13.7. The van der Waals surface area contributed by atoms with Crippen LogP contribution in [0.15, 0.2) is 47.1 Å². The minimum atomic E-state index is -0.0946. The van der Waals surface area contributed by atoms with Crippen molar-refractivity contribution in [2.24, 2.45) is 0 Å². The monoisotopic (exact) mass is 321 g/mol. The van der Waals surface area contributed by atoms with Crippen molar-refractivity contribution in [3.8, 4) is 17.1 Å². The number of carbonyl (C=O) groups excluding carboxylic acids is 1. The van der Waals surface area contributed by atoms with Crippen LogP contribution in [0, 0.1) is 13.8 Å². The normalized spacial score (nSPS) is 13.9. The zero-order valence-corrected chi connectivity index (χ0v) is 13.7. The van der Waals surface area contributed by atoms with Gasteiger partial charge in [0.25, 0.3) is 5.91 Å². The molecule has 1 saturated carbocycles. The predicted molar refractivity (Wildman–Crippen MR) is 91.2 cm³/mol. The number of nitrogens with zero attached hydrogens (tertiary/aromatic N) is 2. The van der Waals surface area contributed by atoms with Crippen molar-refractivity contribution in [3.05, 3.63) is 59.5 Å². The molecule has 1 N–H and O–H groups in total. The van der Waals surface area contributed by atoms with Crippen molar-refractivity contribution in [1.82, 2.24) is 15.1 Å². The van der Waals surface area contributed by atoms with E-state index in [9.17, 15) is 4.79 Å². The number of benzene rings is 1. The molecule has 5 nitrogen and oxygen atoms in total. The van der Waals surface area contributed by atoms with E-state index in [0.29, 0.717) is 23.2 Å². The highest BCUT2D eigenvalue weighted by Crippen LogP contribution is 2.25. The Bertz CT molecular complexity index is 889. The molecule has 5 heteroatoms. The molecule has 1 fully saturated rings. The number of hydrogen-bond acceptors (Lipinski definition) is 3. The van der Waals surface area contributed by atoms with Gasteiger partial charge in [-0.05, 0) is 50.5 Å². The van der Waals surface area contributed by atoms with Gasteiger partial charge in [-0.1, -0.05) is 17.7 Å². The van der Waals surface area contributed by atoms with Crippen molar-refractivity contribution in [1.29, 1.82) is 0 Å². The minimum Gasteiger partial charge on any atom is -0.463 e.